The fourth-order valence-corrected chi connectivity index (χ4v) is 4.18. The van der Waals surface area contributed by atoms with Crippen LogP contribution in [0.3, 0.4) is 0 Å². The molecule has 1 aromatic carbocycles. The molecule has 0 spiro atoms. The van der Waals surface area contributed by atoms with Crippen molar-refractivity contribution in [1.29, 1.82) is 0 Å². The summed E-state index contributed by atoms with van der Waals surface area (Å²) in [5.41, 5.74) is 3.46. The second-order valence-corrected chi connectivity index (χ2v) is 7.87. The Morgan fingerprint density at radius 2 is 1.84 bits per heavy atom. The largest absolute Gasteiger partial charge is 0.494 e. The molecule has 0 radical (unpaired) electrons. The molecule has 0 unspecified atom stereocenters. The molecule has 3 rings (SSSR count). The van der Waals surface area contributed by atoms with E-state index >= 15 is 0 Å². The summed E-state index contributed by atoms with van der Waals surface area (Å²) in [6.07, 6.45) is 3.62. The number of nitrogens with one attached hydrogen (secondary N) is 2. The van der Waals surface area contributed by atoms with Gasteiger partial charge in [-0.05, 0) is 43.9 Å². The molecular formula is C24H36N4O3. The van der Waals surface area contributed by atoms with Gasteiger partial charge in [0, 0.05) is 50.8 Å². The average Bonchev–Trinajstić information content (AvgIpc) is 3.22. The van der Waals surface area contributed by atoms with E-state index in [1.807, 2.05) is 6.92 Å². The van der Waals surface area contributed by atoms with Crippen molar-refractivity contribution < 1.29 is 14.0 Å². The van der Waals surface area contributed by atoms with E-state index in [2.05, 4.69) is 58.9 Å². The van der Waals surface area contributed by atoms with Crippen molar-refractivity contribution in [1.82, 2.24) is 15.8 Å². The van der Waals surface area contributed by atoms with Crippen molar-refractivity contribution in [3.05, 3.63) is 46.8 Å². The lowest BCUT2D eigenvalue weighted by Gasteiger charge is -2.38. The predicted octanol–water partition coefficient (Wildman–Crippen LogP) is 3.61. The summed E-state index contributed by atoms with van der Waals surface area (Å²) in [6.45, 7) is 9.82. The Balaban J connectivity index is 1.68. The molecule has 1 fully saturated rings. The monoisotopic (exact) mass is 428 g/mol. The highest BCUT2D eigenvalue weighted by atomic mass is 16.5. The summed E-state index contributed by atoms with van der Waals surface area (Å²) in [4.78, 5) is 4.44. The summed E-state index contributed by atoms with van der Waals surface area (Å²) in [6, 6.07) is 8.50. The molecule has 0 saturated carbocycles. The Morgan fingerprint density at radius 3 is 2.45 bits per heavy atom. The third kappa shape index (κ3) is 5.58. The van der Waals surface area contributed by atoms with Gasteiger partial charge in [-0.25, -0.2) is 0 Å². The average molecular weight is 429 g/mol. The molecule has 170 valence electrons. The molecule has 1 aromatic heterocycles. The Hall–Kier alpha value is -2.54. The minimum absolute atomic E-state index is 0.000961. The van der Waals surface area contributed by atoms with E-state index in [1.54, 1.807) is 7.05 Å². The first-order chi connectivity index (χ1) is 15.2. The maximum Gasteiger partial charge on any atom is 0.191 e. The highest BCUT2D eigenvalue weighted by Gasteiger charge is 2.34. The molecule has 0 atom stereocenters. The van der Waals surface area contributed by atoms with Crippen LogP contribution in [0.5, 0.6) is 5.75 Å². The highest BCUT2D eigenvalue weighted by Crippen LogP contribution is 2.35. The summed E-state index contributed by atoms with van der Waals surface area (Å²) in [5, 5.41) is 11.2. The third-order valence-electron chi connectivity index (χ3n) is 6.09. The second kappa shape index (κ2) is 11.2. The fourth-order valence-electron chi connectivity index (χ4n) is 4.18. The quantitative estimate of drug-likeness (QED) is 0.469. The SMILES string of the molecule is CCOc1ccc(C2(CNC(=NC)NCc3c(CC)noc3CC)CCOCC2)cc1. The lowest BCUT2D eigenvalue weighted by molar-refractivity contribution is 0.0513. The van der Waals surface area contributed by atoms with Crippen LogP contribution >= 0.6 is 0 Å². The normalized spacial score (nSPS) is 16.2. The Kier molecular flexibility index (Phi) is 8.35. The van der Waals surface area contributed by atoms with Gasteiger partial charge in [0.25, 0.3) is 0 Å². The number of ether oxygens (including phenoxy) is 2. The van der Waals surface area contributed by atoms with Crippen molar-refractivity contribution in [3.8, 4) is 5.75 Å². The molecule has 0 aliphatic carbocycles. The molecule has 0 bridgehead atoms. The number of aliphatic imine (C=N–C) groups is 1. The lowest BCUT2D eigenvalue weighted by Crippen LogP contribution is -2.48. The number of aryl methyl sites for hydroxylation is 2. The molecule has 7 nitrogen and oxygen atoms in total. The predicted molar refractivity (Wildman–Crippen MR) is 123 cm³/mol. The van der Waals surface area contributed by atoms with Crippen LogP contribution in [0, 0.1) is 0 Å². The molecule has 1 saturated heterocycles. The van der Waals surface area contributed by atoms with Crippen molar-refractivity contribution in [2.24, 2.45) is 4.99 Å². The fraction of sp³-hybridized carbons (Fsp3) is 0.583. The number of benzene rings is 1. The van der Waals surface area contributed by atoms with Crippen LogP contribution in [0.1, 0.15) is 56.2 Å². The zero-order chi connectivity index (χ0) is 22.1. The first kappa shape index (κ1) is 23.1. The molecule has 1 aliphatic heterocycles. The highest BCUT2D eigenvalue weighted by molar-refractivity contribution is 5.79. The van der Waals surface area contributed by atoms with E-state index in [0.717, 1.165) is 74.2 Å². The number of rotatable bonds is 9. The van der Waals surface area contributed by atoms with Crippen LogP contribution in [0.25, 0.3) is 0 Å². The first-order valence-corrected chi connectivity index (χ1v) is 11.4. The lowest BCUT2D eigenvalue weighted by atomic mass is 9.74. The van der Waals surface area contributed by atoms with E-state index in [0.29, 0.717) is 13.2 Å². The minimum atomic E-state index is 0.000961. The Bertz CT molecular complexity index is 818. The van der Waals surface area contributed by atoms with Gasteiger partial charge in [-0.15, -0.1) is 0 Å². The molecule has 0 amide bonds. The van der Waals surface area contributed by atoms with Crippen LogP contribution in [-0.2, 0) is 29.5 Å². The third-order valence-corrected chi connectivity index (χ3v) is 6.09. The van der Waals surface area contributed by atoms with Crippen molar-refractivity contribution in [3.63, 3.8) is 0 Å². The summed E-state index contributed by atoms with van der Waals surface area (Å²) in [5.74, 6) is 2.63. The zero-order valence-electron chi connectivity index (χ0n) is 19.3. The molecule has 31 heavy (non-hydrogen) atoms. The smallest absolute Gasteiger partial charge is 0.191 e. The molecule has 2 aromatic rings. The van der Waals surface area contributed by atoms with Gasteiger partial charge in [0.05, 0.1) is 12.3 Å². The topological polar surface area (TPSA) is 80.9 Å². The van der Waals surface area contributed by atoms with E-state index in [-0.39, 0.29) is 5.41 Å². The maximum atomic E-state index is 5.67. The number of hydrogen-bond acceptors (Lipinski definition) is 5. The van der Waals surface area contributed by atoms with Crippen LogP contribution in [0.4, 0.5) is 0 Å². The molecular weight excluding hydrogens is 392 g/mol. The van der Waals surface area contributed by atoms with Gasteiger partial charge >= 0.3 is 0 Å². The van der Waals surface area contributed by atoms with Gasteiger partial charge in [-0.2, -0.15) is 0 Å². The van der Waals surface area contributed by atoms with Crippen LogP contribution in [0.2, 0.25) is 0 Å². The van der Waals surface area contributed by atoms with Crippen LogP contribution in [0.15, 0.2) is 33.8 Å². The minimum Gasteiger partial charge on any atom is -0.494 e. The molecule has 2 N–H and O–H groups in total. The Labute approximate surface area is 185 Å². The first-order valence-electron chi connectivity index (χ1n) is 11.4. The van der Waals surface area contributed by atoms with Gasteiger partial charge in [0.15, 0.2) is 5.96 Å². The second-order valence-electron chi connectivity index (χ2n) is 7.87. The standard InChI is InChI=1S/C24H36N4O3/c1-5-21-20(22(6-2)31-28-21)16-26-23(25-4)27-17-24(12-14-29-15-13-24)18-8-10-19(11-9-18)30-7-3/h8-11H,5-7,12-17H2,1-4H3,(H2,25,26,27). The van der Waals surface area contributed by atoms with Crippen molar-refractivity contribution in [2.45, 2.75) is 58.4 Å². The summed E-state index contributed by atoms with van der Waals surface area (Å²) >= 11 is 0. The number of aromatic nitrogens is 1. The van der Waals surface area contributed by atoms with Crippen molar-refractivity contribution >= 4 is 5.96 Å². The number of nitrogens with zero attached hydrogens (tertiary/aromatic N) is 2. The molecule has 7 heteroatoms. The van der Waals surface area contributed by atoms with Gasteiger partial charge in [0.1, 0.15) is 11.5 Å². The Morgan fingerprint density at radius 1 is 1.10 bits per heavy atom. The number of hydrogen-bond donors (Lipinski definition) is 2. The van der Waals surface area contributed by atoms with Gasteiger partial charge in [-0.1, -0.05) is 31.1 Å². The van der Waals surface area contributed by atoms with Gasteiger partial charge in [-0.3, -0.25) is 4.99 Å². The van der Waals surface area contributed by atoms with E-state index in [9.17, 15) is 0 Å². The number of guanidine groups is 1. The molecule has 2 heterocycles. The summed E-state index contributed by atoms with van der Waals surface area (Å²) < 4.78 is 16.8. The van der Waals surface area contributed by atoms with Crippen molar-refractivity contribution in [2.75, 3.05) is 33.4 Å². The van der Waals surface area contributed by atoms with E-state index in [4.69, 9.17) is 14.0 Å². The molecule has 1 aliphatic rings. The zero-order valence-corrected chi connectivity index (χ0v) is 19.3. The maximum absolute atomic E-state index is 5.67. The van der Waals surface area contributed by atoms with Crippen LogP contribution in [-0.4, -0.2) is 44.5 Å². The van der Waals surface area contributed by atoms with E-state index < -0.39 is 0 Å². The van der Waals surface area contributed by atoms with Gasteiger partial charge < -0.3 is 24.6 Å². The van der Waals surface area contributed by atoms with Crippen LogP contribution < -0.4 is 15.4 Å². The van der Waals surface area contributed by atoms with E-state index in [1.165, 1.54) is 5.56 Å². The van der Waals surface area contributed by atoms with Gasteiger partial charge in [0.2, 0.25) is 0 Å². The summed E-state index contributed by atoms with van der Waals surface area (Å²) in [7, 11) is 1.80.